The van der Waals surface area contributed by atoms with Gasteiger partial charge in [-0.3, -0.25) is 4.79 Å². The number of rotatable bonds is 5. The van der Waals surface area contributed by atoms with Crippen molar-refractivity contribution in [3.05, 3.63) is 63.3 Å². The highest BCUT2D eigenvalue weighted by molar-refractivity contribution is 6.37. The quantitative estimate of drug-likeness (QED) is 0.633. The number of amides is 1. The Labute approximate surface area is 183 Å². The van der Waals surface area contributed by atoms with Crippen LogP contribution >= 0.6 is 23.2 Å². The molecule has 0 unspecified atom stereocenters. The van der Waals surface area contributed by atoms with Gasteiger partial charge >= 0.3 is 0 Å². The fourth-order valence-corrected chi connectivity index (χ4v) is 3.96. The maximum atomic E-state index is 13.0. The molecule has 7 nitrogen and oxygen atoms in total. The molecule has 1 aliphatic rings. The first kappa shape index (κ1) is 20.3. The van der Waals surface area contributed by atoms with E-state index in [-0.39, 0.29) is 17.5 Å². The number of carbonyl (C=O) groups excluding carboxylic acids is 1. The van der Waals surface area contributed by atoms with Gasteiger partial charge in [0.05, 0.1) is 36.5 Å². The fourth-order valence-electron chi connectivity index (χ4n) is 3.41. The lowest BCUT2D eigenvalue weighted by Crippen LogP contribution is -2.23. The molecule has 0 radical (unpaired) electrons. The standard InChI is InChI=1S/C21H18Cl2N4O3/c1-29-12-5-3-11(4-6-12)9-27-10-14-18(25-21(24)26-19(14)20(27)28)13-7-17(30-2)16(23)8-15(13)22/h3-8H,9-10H2,1-2H3,(H2,24,25,26). The number of aromatic nitrogens is 2. The molecule has 3 aromatic rings. The number of nitrogens with zero attached hydrogens (tertiary/aromatic N) is 3. The van der Waals surface area contributed by atoms with Crippen LogP contribution in [-0.2, 0) is 13.1 Å². The van der Waals surface area contributed by atoms with E-state index in [1.165, 1.54) is 7.11 Å². The average Bonchev–Trinajstić information content (AvgIpc) is 3.04. The molecule has 1 aliphatic heterocycles. The van der Waals surface area contributed by atoms with Gasteiger partial charge in [-0.25, -0.2) is 9.97 Å². The molecule has 0 saturated carbocycles. The van der Waals surface area contributed by atoms with Crippen LogP contribution in [0.2, 0.25) is 10.0 Å². The molecule has 9 heteroatoms. The Morgan fingerprint density at radius 1 is 1.03 bits per heavy atom. The first-order valence-electron chi connectivity index (χ1n) is 9.03. The van der Waals surface area contributed by atoms with E-state index < -0.39 is 0 Å². The monoisotopic (exact) mass is 444 g/mol. The average molecular weight is 445 g/mol. The number of benzene rings is 2. The summed E-state index contributed by atoms with van der Waals surface area (Å²) < 4.78 is 10.5. The lowest BCUT2D eigenvalue weighted by atomic mass is 10.1. The number of carbonyl (C=O) groups is 1. The van der Waals surface area contributed by atoms with Gasteiger partial charge in [0.25, 0.3) is 5.91 Å². The third-order valence-corrected chi connectivity index (χ3v) is 5.50. The molecule has 0 fully saturated rings. The Bertz CT molecular complexity index is 1140. The van der Waals surface area contributed by atoms with E-state index in [4.69, 9.17) is 38.4 Å². The number of halogens is 2. The zero-order valence-electron chi connectivity index (χ0n) is 16.3. The SMILES string of the molecule is COc1ccc(CN2Cc3c(nc(N)nc3-c3cc(OC)c(Cl)cc3Cl)C2=O)cc1. The summed E-state index contributed by atoms with van der Waals surface area (Å²) in [6.45, 7) is 0.743. The molecule has 1 amide bonds. The van der Waals surface area contributed by atoms with E-state index in [9.17, 15) is 4.79 Å². The van der Waals surface area contributed by atoms with Crippen LogP contribution in [0.3, 0.4) is 0 Å². The van der Waals surface area contributed by atoms with Crippen LogP contribution in [0.1, 0.15) is 21.6 Å². The van der Waals surface area contributed by atoms with Gasteiger partial charge in [-0.2, -0.15) is 0 Å². The molecule has 2 N–H and O–H groups in total. The first-order valence-corrected chi connectivity index (χ1v) is 9.79. The van der Waals surface area contributed by atoms with Gasteiger partial charge in [0, 0.05) is 17.7 Å². The van der Waals surface area contributed by atoms with Gasteiger partial charge in [-0.15, -0.1) is 0 Å². The molecule has 30 heavy (non-hydrogen) atoms. The number of hydrogen-bond donors (Lipinski definition) is 1. The van der Waals surface area contributed by atoms with Crippen molar-refractivity contribution in [3.8, 4) is 22.8 Å². The zero-order valence-corrected chi connectivity index (χ0v) is 17.8. The Kier molecular flexibility index (Phi) is 5.40. The number of methoxy groups -OCH3 is 2. The smallest absolute Gasteiger partial charge is 0.273 e. The Morgan fingerprint density at radius 3 is 2.40 bits per heavy atom. The lowest BCUT2D eigenvalue weighted by molar-refractivity contribution is 0.0762. The number of ether oxygens (including phenoxy) is 2. The molecule has 1 aromatic heterocycles. The highest BCUT2D eigenvalue weighted by Gasteiger charge is 2.33. The van der Waals surface area contributed by atoms with E-state index in [0.717, 1.165) is 11.3 Å². The molecule has 2 heterocycles. The number of nitrogen functional groups attached to an aromatic ring is 1. The van der Waals surface area contributed by atoms with Crippen molar-refractivity contribution in [2.24, 2.45) is 0 Å². The minimum Gasteiger partial charge on any atom is -0.497 e. The summed E-state index contributed by atoms with van der Waals surface area (Å²) in [5.41, 5.74) is 8.86. The molecular weight excluding hydrogens is 427 g/mol. The number of hydrogen-bond acceptors (Lipinski definition) is 6. The highest BCUT2D eigenvalue weighted by atomic mass is 35.5. The summed E-state index contributed by atoms with van der Waals surface area (Å²) in [4.78, 5) is 23.2. The van der Waals surface area contributed by atoms with E-state index >= 15 is 0 Å². The topological polar surface area (TPSA) is 90.6 Å². The highest BCUT2D eigenvalue weighted by Crippen LogP contribution is 2.40. The summed E-state index contributed by atoms with van der Waals surface area (Å²) >= 11 is 12.6. The van der Waals surface area contributed by atoms with E-state index in [1.54, 1.807) is 24.1 Å². The predicted molar refractivity (Wildman–Crippen MR) is 115 cm³/mol. The maximum absolute atomic E-state index is 13.0. The maximum Gasteiger partial charge on any atom is 0.273 e. The molecule has 0 bridgehead atoms. The van der Waals surface area contributed by atoms with Crippen molar-refractivity contribution in [1.29, 1.82) is 0 Å². The van der Waals surface area contributed by atoms with Crippen molar-refractivity contribution in [3.63, 3.8) is 0 Å². The lowest BCUT2D eigenvalue weighted by Gasteiger charge is -2.16. The van der Waals surface area contributed by atoms with Crippen LogP contribution in [0.15, 0.2) is 36.4 Å². The van der Waals surface area contributed by atoms with Crippen molar-refractivity contribution >= 4 is 35.1 Å². The van der Waals surface area contributed by atoms with Crippen LogP contribution in [0.4, 0.5) is 5.95 Å². The van der Waals surface area contributed by atoms with Crippen LogP contribution in [0, 0.1) is 0 Å². The van der Waals surface area contributed by atoms with Gasteiger partial charge in [0.1, 0.15) is 17.2 Å². The van der Waals surface area contributed by atoms with E-state index in [2.05, 4.69) is 9.97 Å². The van der Waals surface area contributed by atoms with Gasteiger partial charge in [-0.05, 0) is 29.8 Å². The molecule has 0 aliphatic carbocycles. The van der Waals surface area contributed by atoms with E-state index in [0.29, 0.717) is 45.7 Å². The van der Waals surface area contributed by atoms with Crippen molar-refractivity contribution in [1.82, 2.24) is 14.9 Å². The van der Waals surface area contributed by atoms with Crippen LogP contribution in [0.5, 0.6) is 11.5 Å². The first-order chi connectivity index (χ1) is 14.4. The summed E-state index contributed by atoms with van der Waals surface area (Å²) in [5, 5.41) is 0.754. The van der Waals surface area contributed by atoms with Crippen LogP contribution in [-0.4, -0.2) is 35.0 Å². The number of nitrogens with two attached hydrogens (primary N) is 1. The third-order valence-electron chi connectivity index (χ3n) is 4.89. The summed E-state index contributed by atoms with van der Waals surface area (Å²) in [7, 11) is 3.12. The molecule has 2 aromatic carbocycles. The normalized spacial score (nSPS) is 12.8. The Hall–Kier alpha value is -3.03. The fraction of sp³-hybridized carbons (Fsp3) is 0.190. The minimum absolute atomic E-state index is 0.00613. The second kappa shape index (κ2) is 8.01. The van der Waals surface area contributed by atoms with Crippen molar-refractivity contribution in [2.75, 3.05) is 20.0 Å². The molecule has 4 rings (SSSR count). The minimum atomic E-state index is -0.215. The zero-order chi connectivity index (χ0) is 21.4. The van der Waals surface area contributed by atoms with Gasteiger partial charge in [0.15, 0.2) is 0 Å². The second-order valence-electron chi connectivity index (χ2n) is 6.73. The summed E-state index contributed by atoms with van der Waals surface area (Å²) in [5.74, 6) is 0.977. The van der Waals surface area contributed by atoms with Gasteiger partial charge in [0.2, 0.25) is 5.95 Å². The number of fused-ring (bicyclic) bond motifs is 1. The van der Waals surface area contributed by atoms with E-state index in [1.807, 2.05) is 24.3 Å². The summed E-state index contributed by atoms with van der Waals surface area (Å²) in [6, 6.07) is 10.8. The Morgan fingerprint density at radius 2 is 1.73 bits per heavy atom. The molecule has 0 atom stereocenters. The van der Waals surface area contributed by atoms with Crippen LogP contribution < -0.4 is 15.2 Å². The Balaban J connectivity index is 1.72. The molecule has 154 valence electrons. The largest absolute Gasteiger partial charge is 0.497 e. The second-order valence-corrected chi connectivity index (χ2v) is 7.55. The van der Waals surface area contributed by atoms with Crippen molar-refractivity contribution in [2.45, 2.75) is 13.1 Å². The summed E-state index contributed by atoms with van der Waals surface area (Å²) in [6.07, 6.45) is 0. The molecule has 0 spiro atoms. The predicted octanol–water partition coefficient (Wildman–Crippen LogP) is 4.21. The van der Waals surface area contributed by atoms with Crippen molar-refractivity contribution < 1.29 is 14.3 Å². The number of anilines is 1. The van der Waals surface area contributed by atoms with Crippen LogP contribution in [0.25, 0.3) is 11.3 Å². The van der Waals surface area contributed by atoms with Gasteiger partial charge in [-0.1, -0.05) is 35.3 Å². The third kappa shape index (κ3) is 3.62. The molecule has 0 saturated heterocycles. The van der Waals surface area contributed by atoms with Gasteiger partial charge < -0.3 is 20.1 Å². The molecular formula is C21H18Cl2N4O3.